The number of aromatic nitrogens is 3. The Balaban J connectivity index is 2.23. The van der Waals surface area contributed by atoms with Gasteiger partial charge in [0.1, 0.15) is 11.8 Å². The molecule has 28 heavy (non-hydrogen) atoms. The molecule has 1 atom stereocenters. The van der Waals surface area contributed by atoms with Crippen LogP contribution < -0.4 is 15.8 Å². The molecule has 2 rings (SSSR count). The van der Waals surface area contributed by atoms with Crippen LogP contribution in [0.5, 0.6) is 5.75 Å². The summed E-state index contributed by atoms with van der Waals surface area (Å²) >= 11 is 7.12. The largest absolute Gasteiger partial charge is 0.495 e. The van der Waals surface area contributed by atoms with E-state index in [0.717, 1.165) is 11.8 Å². The first-order valence-corrected chi connectivity index (χ1v) is 9.90. The number of carbonyl (C=O) groups is 2. The lowest BCUT2D eigenvalue weighted by atomic mass is 10.2. The van der Waals surface area contributed by atoms with Crippen molar-refractivity contribution in [2.75, 3.05) is 30.5 Å². The number of carbonyl (C=O) groups excluding carboxylic acids is 2. The predicted octanol–water partition coefficient (Wildman–Crippen LogP) is 2.77. The second kappa shape index (κ2) is 10.2. The third-order valence-electron chi connectivity index (χ3n) is 3.74. The average molecular weight is 428 g/mol. The van der Waals surface area contributed by atoms with Crippen molar-refractivity contribution in [3.8, 4) is 5.75 Å². The number of hydrogen-bond acceptors (Lipinski definition) is 8. The Morgan fingerprint density at radius 3 is 2.75 bits per heavy atom. The monoisotopic (exact) mass is 427 g/mol. The minimum atomic E-state index is -0.691. The number of thioether (sulfide) groups is 1. The van der Waals surface area contributed by atoms with Crippen LogP contribution in [-0.4, -0.2) is 46.1 Å². The summed E-state index contributed by atoms with van der Waals surface area (Å²) < 4.78 is 11.7. The van der Waals surface area contributed by atoms with Gasteiger partial charge in [0.15, 0.2) is 5.16 Å². The Morgan fingerprint density at radius 2 is 2.11 bits per heavy atom. The van der Waals surface area contributed by atoms with Gasteiger partial charge in [0.25, 0.3) is 0 Å². The molecule has 0 radical (unpaired) electrons. The fourth-order valence-corrected chi connectivity index (χ4v) is 3.45. The molecule has 1 aromatic carbocycles. The number of amides is 1. The van der Waals surface area contributed by atoms with Crippen LogP contribution >= 0.6 is 23.4 Å². The maximum absolute atomic E-state index is 12.9. The molecule has 1 aromatic heterocycles. The second-order valence-corrected chi connectivity index (χ2v) is 6.94. The van der Waals surface area contributed by atoms with E-state index < -0.39 is 6.04 Å². The Morgan fingerprint density at radius 1 is 1.36 bits per heavy atom. The highest BCUT2D eigenvalue weighted by atomic mass is 35.5. The van der Waals surface area contributed by atoms with Crippen LogP contribution in [0, 0.1) is 0 Å². The smallest absolute Gasteiger partial charge is 0.316 e. The molecule has 152 valence electrons. The van der Waals surface area contributed by atoms with E-state index in [1.54, 1.807) is 25.1 Å². The summed E-state index contributed by atoms with van der Waals surface area (Å²) in [4.78, 5) is 24.5. The zero-order valence-electron chi connectivity index (χ0n) is 15.8. The van der Waals surface area contributed by atoms with E-state index in [4.69, 9.17) is 26.8 Å². The van der Waals surface area contributed by atoms with Crippen molar-refractivity contribution in [1.29, 1.82) is 0 Å². The zero-order valence-corrected chi connectivity index (χ0v) is 17.3. The Labute approximate surface area is 171 Å². The normalized spacial score (nSPS) is 11.7. The summed E-state index contributed by atoms with van der Waals surface area (Å²) in [6, 6.07) is 4.22. The molecule has 9 nitrogen and oxygen atoms in total. The highest BCUT2D eigenvalue weighted by Crippen LogP contribution is 2.30. The molecule has 1 amide bonds. The quantitative estimate of drug-likeness (QED) is 0.462. The van der Waals surface area contributed by atoms with Crippen LogP contribution in [0.15, 0.2) is 23.4 Å². The van der Waals surface area contributed by atoms with Gasteiger partial charge in [-0.3, -0.25) is 14.2 Å². The minimum absolute atomic E-state index is 0.0339. The van der Waals surface area contributed by atoms with E-state index in [1.165, 1.54) is 11.7 Å². The summed E-state index contributed by atoms with van der Waals surface area (Å²) in [5.74, 6) is -0.145. The molecule has 0 aliphatic heterocycles. The number of esters is 1. The van der Waals surface area contributed by atoms with Gasteiger partial charge in [-0.2, -0.15) is 0 Å². The zero-order chi connectivity index (χ0) is 20.7. The number of rotatable bonds is 9. The van der Waals surface area contributed by atoms with Crippen LogP contribution in [0.3, 0.4) is 0 Å². The van der Waals surface area contributed by atoms with E-state index in [0.29, 0.717) is 28.0 Å². The maximum Gasteiger partial charge on any atom is 0.316 e. The van der Waals surface area contributed by atoms with Crippen molar-refractivity contribution >= 4 is 46.9 Å². The number of ether oxygens (including phenoxy) is 2. The van der Waals surface area contributed by atoms with Crippen molar-refractivity contribution in [1.82, 2.24) is 14.8 Å². The molecule has 1 heterocycles. The first kappa shape index (κ1) is 21.8. The topological polar surface area (TPSA) is 121 Å². The molecule has 2 aromatic rings. The van der Waals surface area contributed by atoms with Crippen molar-refractivity contribution in [2.45, 2.75) is 31.5 Å². The standard InChI is InChI=1S/C17H22ClN5O4S/c1-4-12(15(25)20-11-8-10(18)6-7-13(11)26-3)23-16(19)21-22-17(23)28-9-14(24)27-5-2/h6-8,12H,4-5,9H2,1-3H3,(H2,19,21)(H,20,25). The molecular formula is C17H22ClN5O4S. The maximum atomic E-state index is 12.9. The van der Waals surface area contributed by atoms with Gasteiger partial charge in [0.2, 0.25) is 11.9 Å². The summed E-state index contributed by atoms with van der Waals surface area (Å²) in [5.41, 5.74) is 6.36. The third kappa shape index (κ3) is 5.29. The van der Waals surface area contributed by atoms with Crippen LogP contribution in [0.2, 0.25) is 5.02 Å². The molecule has 3 N–H and O–H groups in total. The van der Waals surface area contributed by atoms with E-state index in [9.17, 15) is 9.59 Å². The van der Waals surface area contributed by atoms with Crippen LogP contribution in [0.25, 0.3) is 0 Å². The van der Waals surface area contributed by atoms with Gasteiger partial charge in [-0.25, -0.2) is 0 Å². The van der Waals surface area contributed by atoms with Gasteiger partial charge in [-0.1, -0.05) is 30.3 Å². The van der Waals surface area contributed by atoms with Gasteiger partial charge >= 0.3 is 5.97 Å². The number of hydrogen-bond donors (Lipinski definition) is 2. The van der Waals surface area contributed by atoms with E-state index in [2.05, 4.69) is 15.5 Å². The molecule has 0 aliphatic carbocycles. The first-order valence-electron chi connectivity index (χ1n) is 8.54. The average Bonchev–Trinajstić information content (AvgIpc) is 3.02. The molecule has 0 aliphatic rings. The molecule has 11 heteroatoms. The molecular weight excluding hydrogens is 406 g/mol. The minimum Gasteiger partial charge on any atom is -0.495 e. The van der Waals surface area contributed by atoms with E-state index in [-0.39, 0.29) is 30.2 Å². The summed E-state index contributed by atoms with van der Waals surface area (Å²) in [7, 11) is 1.50. The lowest BCUT2D eigenvalue weighted by Crippen LogP contribution is -2.27. The number of nitrogen functional groups attached to an aromatic ring is 1. The Hall–Kier alpha value is -2.46. The number of methoxy groups -OCH3 is 1. The van der Waals surface area contributed by atoms with Gasteiger partial charge in [-0.05, 0) is 31.5 Å². The predicted molar refractivity (Wildman–Crippen MR) is 108 cm³/mol. The lowest BCUT2D eigenvalue weighted by molar-refractivity contribution is -0.139. The fraction of sp³-hybridized carbons (Fsp3) is 0.412. The SMILES string of the molecule is CCOC(=O)CSc1nnc(N)n1C(CC)C(=O)Nc1cc(Cl)ccc1OC. The molecule has 0 bridgehead atoms. The highest BCUT2D eigenvalue weighted by molar-refractivity contribution is 7.99. The second-order valence-electron chi connectivity index (χ2n) is 5.56. The lowest BCUT2D eigenvalue weighted by Gasteiger charge is -2.20. The highest BCUT2D eigenvalue weighted by Gasteiger charge is 2.26. The van der Waals surface area contributed by atoms with E-state index >= 15 is 0 Å². The molecule has 1 unspecified atom stereocenters. The van der Waals surface area contributed by atoms with Crippen LogP contribution in [0.1, 0.15) is 26.3 Å². The fourth-order valence-electron chi connectivity index (χ4n) is 2.49. The first-order chi connectivity index (χ1) is 13.4. The number of nitrogens with one attached hydrogen (secondary N) is 1. The van der Waals surface area contributed by atoms with Gasteiger partial charge < -0.3 is 20.5 Å². The summed E-state index contributed by atoms with van der Waals surface area (Å²) in [5, 5.41) is 11.4. The Bertz CT molecular complexity index is 845. The number of benzene rings is 1. The molecule has 0 spiro atoms. The summed E-state index contributed by atoms with van der Waals surface area (Å²) in [6.07, 6.45) is 0.421. The third-order valence-corrected chi connectivity index (χ3v) is 4.89. The van der Waals surface area contributed by atoms with Crippen molar-refractivity contribution in [3.63, 3.8) is 0 Å². The number of anilines is 2. The van der Waals surface area contributed by atoms with Gasteiger partial charge in [0.05, 0.1) is 25.2 Å². The van der Waals surface area contributed by atoms with Crippen LogP contribution in [-0.2, 0) is 14.3 Å². The van der Waals surface area contributed by atoms with Crippen molar-refractivity contribution in [3.05, 3.63) is 23.2 Å². The number of nitrogens with zero attached hydrogens (tertiary/aromatic N) is 3. The number of nitrogens with two attached hydrogens (primary N) is 1. The van der Waals surface area contributed by atoms with Crippen molar-refractivity contribution < 1.29 is 19.1 Å². The van der Waals surface area contributed by atoms with Crippen molar-refractivity contribution in [2.24, 2.45) is 0 Å². The van der Waals surface area contributed by atoms with Crippen LogP contribution in [0.4, 0.5) is 11.6 Å². The van der Waals surface area contributed by atoms with Gasteiger partial charge in [0, 0.05) is 5.02 Å². The molecule has 0 saturated heterocycles. The Kier molecular flexibility index (Phi) is 7.94. The number of halogens is 1. The molecule has 0 fully saturated rings. The molecule has 0 saturated carbocycles. The van der Waals surface area contributed by atoms with E-state index in [1.807, 2.05) is 6.92 Å². The van der Waals surface area contributed by atoms with Gasteiger partial charge in [-0.15, -0.1) is 10.2 Å². The summed E-state index contributed by atoms with van der Waals surface area (Å²) in [6.45, 7) is 3.85.